The van der Waals surface area contributed by atoms with Gasteiger partial charge in [0.1, 0.15) is 0 Å². The first-order chi connectivity index (χ1) is 9.29. The van der Waals surface area contributed by atoms with Crippen LogP contribution < -0.4 is 0 Å². The van der Waals surface area contributed by atoms with Gasteiger partial charge < -0.3 is 0 Å². The van der Waals surface area contributed by atoms with E-state index in [-0.39, 0.29) is 0 Å². The Morgan fingerprint density at radius 1 is 0.842 bits per heavy atom. The molecule has 0 aromatic carbocycles. The maximum atomic E-state index is 4.17. The third-order valence-electron chi connectivity index (χ3n) is 2.28. The fourth-order valence-electron chi connectivity index (χ4n) is 1.50. The molecule has 0 spiro atoms. The number of hydrogen-bond donors (Lipinski definition) is 0. The summed E-state index contributed by atoms with van der Waals surface area (Å²) < 4.78 is 1.92. The van der Waals surface area contributed by atoms with Gasteiger partial charge in [-0.1, -0.05) is 73.4 Å². The van der Waals surface area contributed by atoms with Crippen LogP contribution in [-0.2, 0) is 19.9 Å². The van der Waals surface area contributed by atoms with Gasteiger partial charge >= 0.3 is 0 Å². The smallest absolute Gasteiger partial charge is 0.0858 e. The Morgan fingerprint density at radius 3 is 1.79 bits per heavy atom. The van der Waals surface area contributed by atoms with Crippen molar-refractivity contribution in [3.8, 4) is 0 Å². The summed E-state index contributed by atoms with van der Waals surface area (Å²) >= 11 is 0. The molecular weight excluding hydrogens is 234 g/mol. The van der Waals surface area contributed by atoms with Crippen molar-refractivity contribution in [2.75, 3.05) is 0 Å². The highest BCUT2D eigenvalue weighted by Crippen LogP contribution is 2.10. The summed E-state index contributed by atoms with van der Waals surface area (Å²) in [5.74, 6) is 0. The van der Waals surface area contributed by atoms with E-state index in [2.05, 4.69) is 24.2 Å². The zero-order valence-corrected chi connectivity index (χ0v) is 14.9. The standard InChI is InChI=1S/C10H19N3.3C2H6/c1-4-6-8-10-9(7-5-2)11-12-13(10)3;3*1-2/h4-8H2,1-3H3;3*1-2H3. The van der Waals surface area contributed by atoms with Crippen molar-refractivity contribution in [3.05, 3.63) is 11.4 Å². The molecule has 1 aromatic rings. The van der Waals surface area contributed by atoms with Crippen LogP contribution in [0.4, 0.5) is 0 Å². The molecule has 0 fully saturated rings. The van der Waals surface area contributed by atoms with Gasteiger partial charge in [-0.05, 0) is 19.3 Å². The predicted molar refractivity (Wildman–Crippen MR) is 87.7 cm³/mol. The number of rotatable bonds is 5. The number of hydrogen-bond acceptors (Lipinski definition) is 2. The Balaban J connectivity index is -0.000000375. The van der Waals surface area contributed by atoms with Crippen LogP contribution in [0.5, 0.6) is 0 Å². The molecule has 0 atom stereocenters. The Bertz CT molecular complexity index is 254. The highest BCUT2D eigenvalue weighted by molar-refractivity contribution is 5.10. The molecule has 0 saturated heterocycles. The molecule has 1 heterocycles. The lowest BCUT2D eigenvalue weighted by molar-refractivity contribution is 0.655. The molecule has 3 heteroatoms. The van der Waals surface area contributed by atoms with E-state index in [1.807, 2.05) is 53.3 Å². The summed E-state index contributed by atoms with van der Waals surface area (Å²) in [5, 5.41) is 8.23. The number of aromatic nitrogens is 3. The van der Waals surface area contributed by atoms with Gasteiger partial charge in [-0.15, -0.1) is 5.10 Å². The van der Waals surface area contributed by atoms with Crippen LogP contribution in [-0.4, -0.2) is 15.0 Å². The SMILES string of the molecule is CC.CC.CC.CCCCc1c(CCC)nnn1C. The average Bonchev–Trinajstić information content (AvgIpc) is 2.84. The second-order valence-electron chi connectivity index (χ2n) is 3.46. The first-order valence-corrected chi connectivity index (χ1v) is 8.17. The summed E-state index contributed by atoms with van der Waals surface area (Å²) in [5.41, 5.74) is 2.52. The van der Waals surface area contributed by atoms with E-state index in [9.17, 15) is 0 Å². The van der Waals surface area contributed by atoms with Gasteiger partial charge in [0.2, 0.25) is 0 Å². The van der Waals surface area contributed by atoms with Gasteiger partial charge in [0.15, 0.2) is 0 Å². The fourth-order valence-corrected chi connectivity index (χ4v) is 1.50. The predicted octanol–water partition coefficient (Wildman–Crippen LogP) is 5.19. The summed E-state index contributed by atoms with van der Waals surface area (Å²) in [4.78, 5) is 0. The Kier molecular flexibility index (Phi) is 23.8. The molecule has 1 aromatic heterocycles. The third-order valence-corrected chi connectivity index (χ3v) is 2.28. The monoisotopic (exact) mass is 271 g/mol. The average molecular weight is 271 g/mol. The van der Waals surface area contributed by atoms with Crippen LogP contribution in [0.15, 0.2) is 0 Å². The molecule has 0 aliphatic heterocycles. The second-order valence-corrected chi connectivity index (χ2v) is 3.46. The third kappa shape index (κ3) is 10.7. The van der Waals surface area contributed by atoms with E-state index in [4.69, 9.17) is 0 Å². The quantitative estimate of drug-likeness (QED) is 0.738. The maximum Gasteiger partial charge on any atom is 0.0858 e. The van der Waals surface area contributed by atoms with Gasteiger partial charge in [-0.3, -0.25) is 4.68 Å². The molecule has 0 aliphatic rings. The van der Waals surface area contributed by atoms with Crippen LogP contribution in [0.2, 0.25) is 0 Å². The number of unbranched alkanes of at least 4 members (excludes halogenated alkanes) is 1. The van der Waals surface area contributed by atoms with Crippen LogP contribution in [0.25, 0.3) is 0 Å². The molecule has 116 valence electrons. The molecule has 3 nitrogen and oxygen atoms in total. The summed E-state index contributed by atoms with van der Waals surface area (Å²) in [6.45, 7) is 16.4. The van der Waals surface area contributed by atoms with Gasteiger partial charge in [0.25, 0.3) is 0 Å². The molecule has 19 heavy (non-hydrogen) atoms. The molecular formula is C16H37N3. The van der Waals surface area contributed by atoms with E-state index in [0.29, 0.717) is 0 Å². The number of aryl methyl sites for hydroxylation is 2. The van der Waals surface area contributed by atoms with Crippen LogP contribution >= 0.6 is 0 Å². The molecule has 0 amide bonds. The summed E-state index contributed by atoms with van der Waals surface area (Å²) in [7, 11) is 1.98. The van der Waals surface area contributed by atoms with Crippen LogP contribution in [0.1, 0.15) is 86.0 Å². The highest BCUT2D eigenvalue weighted by atomic mass is 15.4. The lowest BCUT2D eigenvalue weighted by Gasteiger charge is -2.01. The van der Waals surface area contributed by atoms with Crippen molar-refractivity contribution in [2.45, 2.75) is 87.5 Å². The van der Waals surface area contributed by atoms with Gasteiger partial charge in [-0.25, -0.2) is 0 Å². The van der Waals surface area contributed by atoms with Crippen molar-refractivity contribution in [2.24, 2.45) is 7.05 Å². The molecule has 0 radical (unpaired) electrons. The van der Waals surface area contributed by atoms with Crippen molar-refractivity contribution in [3.63, 3.8) is 0 Å². The molecule has 0 saturated carbocycles. The molecule has 0 aliphatic carbocycles. The van der Waals surface area contributed by atoms with Crippen molar-refractivity contribution < 1.29 is 0 Å². The molecule has 1 rings (SSSR count). The lowest BCUT2D eigenvalue weighted by atomic mass is 10.1. The minimum absolute atomic E-state index is 1.06. The maximum absolute atomic E-state index is 4.17. The normalized spacial score (nSPS) is 8.26. The minimum Gasteiger partial charge on any atom is -0.252 e. The Morgan fingerprint density at radius 2 is 1.37 bits per heavy atom. The number of nitrogens with zero attached hydrogens (tertiary/aromatic N) is 3. The van der Waals surface area contributed by atoms with E-state index in [1.165, 1.54) is 24.2 Å². The Hall–Kier alpha value is -0.860. The van der Waals surface area contributed by atoms with Gasteiger partial charge in [0, 0.05) is 7.05 Å². The van der Waals surface area contributed by atoms with E-state index in [1.54, 1.807) is 0 Å². The summed E-state index contributed by atoms with van der Waals surface area (Å²) in [6, 6.07) is 0. The minimum atomic E-state index is 1.06. The van der Waals surface area contributed by atoms with E-state index in [0.717, 1.165) is 19.3 Å². The molecule has 0 bridgehead atoms. The van der Waals surface area contributed by atoms with Gasteiger partial charge in [-0.2, -0.15) is 0 Å². The van der Waals surface area contributed by atoms with E-state index >= 15 is 0 Å². The van der Waals surface area contributed by atoms with Crippen LogP contribution in [0.3, 0.4) is 0 Å². The van der Waals surface area contributed by atoms with Crippen molar-refractivity contribution in [1.29, 1.82) is 0 Å². The second kappa shape index (κ2) is 19.5. The first kappa shape index (κ1) is 23.2. The molecule has 0 N–H and O–H groups in total. The molecule has 0 unspecified atom stereocenters. The topological polar surface area (TPSA) is 30.7 Å². The van der Waals surface area contributed by atoms with Crippen LogP contribution in [0, 0.1) is 0 Å². The lowest BCUT2D eigenvalue weighted by Crippen LogP contribution is -2.00. The fraction of sp³-hybridized carbons (Fsp3) is 0.875. The van der Waals surface area contributed by atoms with Crippen molar-refractivity contribution in [1.82, 2.24) is 15.0 Å². The largest absolute Gasteiger partial charge is 0.252 e. The Labute approximate surface area is 121 Å². The first-order valence-electron chi connectivity index (χ1n) is 8.17. The highest BCUT2D eigenvalue weighted by Gasteiger charge is 2.08. The summed E-state index contributed by atoms with van der Waals surface area (Å²) in [6.07, 6.45) is 5.80. The van der Waals surface area contributed by atoms with E-state index < -0.39 is 0 Å². The van der Waals surface area contributed by atoms with Crippen molar-refractivity contribution >= 4 is 0 Å². The zero-order chi connectivity index (χ0) is 15.7. The van der Waals surface area contributed by atoms with Gasteiger partial charge in [0.05, 0.1) is 11.4 Å². The zero-order valence-electron chi connectivity index (χ0n) is 14.9.